The number of hydrogen-bond donors (Lipinski definition) is 1. The van der Waals surface area contributed by atoms with Crippen LogP contribution in [0.3, 0.4) is 0 Å². The van der Waals surface area contributed by atoms with Crippen molar-refractivity contribution in [3.05, 3.63) is 17.2 Å². The number of nitrogens with one attached hydrogen (secondary N) is 1. The normalized spacial score (nSPS) is 16.1. The molecule has 0 atom stereocenters. The summed E-state index contributed by atoms with van der Waals surface area (Å²) in [7, 11) is 0. The number of fused-ring (bicyclic) bond motifs is 1. The minimum Gasteiger partial charge on any atom is -0.329 e. The number of imidazole rings is 1. The molecule has 1 N–H and O–H groups in total. The Morgan fingerprint density at radius 1 is 1.20 bits per heavy atom. The Bertz CT molecular complexity index is 317. The van der Waals surface area contributed by atoms with Gasteiger partial charge in [-0.3, -0.25) is 0 Å². The van der Waals surface area contributed by atoms with Gasteiger partial charge >= 0.3 is 0 Å². The van der Waals surface area contributed by atoms with Crippen molar-refractivity contribution in [1.29, 1.82) is 0 Å². The van der Waals surface area contributed by atoms with Crippen molar-refractivity contribution >= 4 is 0 Å². The molecule has 15 heavy (non-hydrogen) atoms. The Morgan fingerprint density at radius 3 is 2.53 bits per heavy atom. The molecule has 1 aromatic rings. The van der Waals surface area contributed by atoms with Crippen molar-refractivity contribution < 1.29 is 0 Å². The van der Waals surface area contributed by atoms with Gasteiger partial charge in [0.2, 0.25) is 0 Å². The lowest BCUT2D eigenvalue weighted by Gasteiger charge is -2.20. The second-order valence-electron chi connectivity index (χ2n) is 4.94. The molecule has 84 valence electrons. The van der Waals surface area contributed by atoms with E-state index < -0.39 is 0 Å². The van der Waals surface area contributed by atoms with E-state index in [0.29, 0.717) is 11.8 Å². The first-order chi connectivity index (χ1) is 7.11. The van der Waals surface area contributed by atoms with Gasteiger partial charge in [0.15, 0.2) is 0 Å². The molecule has 0 fully saturated rings. The highest BCUT2D eigenvalue weighted by Crippen LogP contribution is 2.25. The van der Waals surface area contributed by atoms with Gasteiger partial charge in [-0.25, -0.2) is 4.98 Å². The monoisotopic (exact) mass is 207 g/mol. The molecular weight excluding hydrogens is 186 g/mol. The predicted octanol–water partition coefficient (Wildman–Crippen LogP) is 2.23. The summed E-state index contributed by atoms with van der Waals surface area (Å²) in [4.78, 5) is 4.81. The second-order valence-corrected chi connectivity index (χ2v) is 4.94. The van der Waals surface area contributed by atoms with Crippen molar-refractivity contribution in [2.75, 3.05) is 6.54 Å². The van der Waals surface area contributed by atoms with Gasteiger partial charge in [-0.2, -0.15) is 0 Å². The molecule has 0 saturated carbocycles. The van der Waals surface area contributed by atoms with Gasteiger partial charge < -0.3 is 9.88 Å². The van der Waals surface area contributed by atoms with Crippen LogP contribution < -0.4 is 5.32 Å². The number of rotatable bonds is 2. The fourth-order valence-corrected chi connectivity index (χ4v) is 2.26. The van der Waals surface area contributed by atoms with E-state index in [2.05, 4.69) is 37.6 Å². The van der Waals surface area contributed by atoms with Crippen LogP contribution in [-0.2, 0) is 13.1 Å². The maximum Gasteiger partial charge on any atom is 0.111 e. The standard InChI is InChI=1S/C12H21N3/c1-8(2)11-10-7-13-5-6-15(10)12(14-11)9(3)4/h8-9,13H,5-7H2,1-4H3. The van der Waals surface area contributed by atoms with Crippen molar-refractivity contribution in [2.24, 2.45) is 0 Å². The van der Waals surface area contributed by atoms with Crippen molar-refractivity contribution in [2.45, 2.75) is 52.6 Å². The summed E-state index contributed by atoms with van der Waals surface area (Å²) < 4.78 is 2.41. The van der Waals surface area contributed by atoms with E-state index in [1.807, 2.05) is 0 Å². The van der Waals surface area contributed by atoms with Crippen LogP contribution in [0.1, 0.15) is 56.7 Å². The summed E-state index contributed by atoms with van der Waals surface area (Å²) in [6, 6.07) is 0. The minimum atomic E-state index is 0.523. The molecule has 0 aromatic carbocycles. The van der Waals surface area contributed by atoms with E-state index in [0.717, 1.165) is 19.6 Å². The van der Waals surface area contributed by atoms with Crippen LogP contribution in [0.15, 0.2) is 0 Å². The average molecular weight is 207 g/mol. The number of hydrogen-bond acceptors (Lipinski definition) is 2. The minimum absolute atomic E-state index is 0.523. The first-order valence-electron chi connectivity index (χ1n) is 5.91. The lowest BCUT2D eigenvalue weighted by atomic mass is 10.1. The highest BCUT2D eigenvalue weighted by atomic mass is 15.2. The topological polar surface area (TPSA) is 29.9 Å². The number of nitrogens with zero attached hydrogens (tertiary/aromatic N) is 2. The second kappa shape index (κ2) is 3.97. The zero-order chi connectivity index (χ0) is 11.0. The largest absolute Gasteiger partial charge is 0.329 e. The Balaban J connectivity index is 2.49. The molecule has 1 aliphatic rings. The fourth-order valence-electron chi connectivity index (χ4n) is 2.26. The Kier molecular flexibility index (Phi) is 2.83. The van der Waals surface area contributed by atoms with Gasteiger partial charge in [0, 0.05) is 25.6 Å². The van der Waals surface area contributed by atoms with Crippen LogP contribution >= 0.6 is 0 Å². The van der Waals surface area contributed by atoms with Gasteiger partial charge in [-0.05, 0) is 5.92 Å². The summed E-state index contributed by atoms with van der Waals surface area (Å²) >= 11 is 0. The summed E-state index contributed by atoms with van der Waals surface area (Å²) in [5, 5.41) is 3.43. The summed E-state index contributed by atoms with van der Waals surface area (Å²) in [5.74, 6) is 2.31. The van der Waals surface area contributed by atoms with Crippen LogP contribution in [0, 0.1) is 0 Å². The molecular formula is C12H21N3. The van der Waals surface area contributed by atoms with Crippen LogP contribution in [0.2, 0.25) is 0 Å². The molecule has 2 heterocycles. The molecule has 0 radical (unpaired) electrons. The molecule has 0 amide bonds. The van der Waals surface area contributed by atoms with E-state index in [1.54, 1.807) is 0 Å². The highest BCUT2D eigenvalue weighted by Gasteiger charge is 2.22. The third kappa shape index (κ3) is 1.81. The van der Waals surface area contributed by atoms with Gasteiger partial charge in [0.25, 0.3) is 0 Å². The fraction of sp³-hybridized carbons (Fsp3) is 0.750. The van der Waals surface area contributed by atoms with Crippen molar-refractivity contribution in [3.63, 3.8) is 0 Å². The van der Waals surface area contributed by atoms with E-state index in [9.17, 15) is 0 Å². The van der Waals surface area contributed by atoms with Gasteiger partial charge in [0.1, 0.15) is 5.82 Å². The molecule has 0 aliphatic carbocycles. The van der Waals surface area contributed by atoms with Gasteiger partial charge in [-0.15, -0.1) is 0 Å². The first-order valence-corrected chi connectivity index (χ1v) is 5.91. The van der Waals surface area contributed by atoms with Crippen molar-refractivity contribution in [1.82, 2.24) is 14.9 Å². The van der Waals surface area contributed by atoms with E-state index in [1.165, 1.54) is 17.2 Å². The zero-order valence-corrected chi connectivity index (χ0v) is 10.2. The molecule has 3 heteroatoms. The van der Waals surface area contributed by atoms with Crippen LogP contribution in [0.5, 0.6) is 0 Å². The Labute approximate surface area is 91.9 Å². The molecule has 0 unspecified atom stereocenters. The Morgan fingerprint density at radius 2 is 1.93 bits per heavy atom. The van der Waals surface area contributed by atoms with Crippen LogP contribution in [0.4, 0.5) is 0 Å². The molecule has 0 bridgehead atoms. The summed E-state index contributed by atoms with van der Waals surface area (Å²) in [6.07, 6.45) is 0. The lowest BCUT2D eigenvalue weighted by molar-refractivity contribution is 0.490. The maximum absolute atomic E-state index is 4.81. The third-order valence-electron chi connectivity index (χ3n) is 3.00. The third-order valence-corrected chi connectivity index (χ3v) is 3.00. The van der Waals surface area contributed by atoms with E-state index in [-0.39, 0.29) is 0 Å². The first kappa shape index (κ1) is 10.7. The molecule has 0 spiro atoms. The summed E-state index contributed by atoms with van der Waals surface area (Å²) in [5.41, 5.74) is 2.69. The molecule has 2 rings (SSSR count). The number of aromatic nitrogens is 2. The molecule has 1 aliphatic heterocycles. The van der Waals surface area contributed by atoms with Gasteiger partial charge in [0.05, 0.1) is 11.4 Å². The quantitative estimate of drug-likeness (QED) is 0.806. The molecule has 3 nitrogen and oxygen atoms in total. The van der Waals surface area contributed by atoms with Crippen LogP contribution in [-0.4, -0.2) is 16.1 Å². The molecule has 1 aromatic heterocycles. The Hall–Kier alpha value is -0.830. The molecule has 0 saturated heterocycles. The van der Waals surface area contributed by atoms with Crippen molar-refractivity contribution in [3.8, 4) is 0 Å². The van der Waals surface area contributed by atoms with Gasteiger partial charge in [-0.1, -0.05) is 27.7 Å². The van der Waals surface area contributed by atoms with E-state index >= 15 is 0 Å². The smallest absolute Gasteiger partial charge is 0.111 e. The highest BCUT2D eigenvalue weighted by molar-refractivity contribution is 5.23. The maximum atomic E-state index is 4.81. The van der Waals surface area contributed by atoms with E-state index in [4.69, 9.17) is 4.98 Å². The zero-order valence-electron chi connectivity index (χ0n) is 10.2. The average Bonchev–Trinajstić information content (AvgIpc) is 2.56. The lowest BCUT2D eigenvalue weighted by Crippen LogP contribution is -2.29. The predicted molar refractivity (Wildman–Crippen MR) is 62.1 cm³/mol. The van der Waals surface area contributed by atoms with Crippen LogP contribution in [0.25, 0.3) is 0 Å². The SMILES string of the molecule is CC(C)c1nc(C(C)C)n2c1CNCC2. The summed E-state index contributed by atoms with van der Waals surface area (Å²) in [6.45, 7) is 12.0.